The first kappa shape index (κ1) is 18.0. The van der Waals surface area contributed by atoms with Crippen LogP contribution in [0.1, 0.15) is 23.7 Å². The number of fused-ring (bicyclic) bond motifs is 1. The Labute approximate surface area is 155 Å². The SMILES string of the molecule is CCC(=O)Nc1ccc(C(=O)CSc2nc3ccc(OC)cc3[nH]2)cc1. The molecule has 3 rings (SSSR count). The summed E-state index contributed by atoms with van der Waals surface area (Å²) < 4.78 is 5.19. The van der Waals surface area contributed by atoms with E-state index >= 15 is 0 Å². The molecule has 0 bridgehead atoms. The molecule has 0 aliphatic heterocycles. The van der Waals surface area contributed by atoms with Crippen molar-refractivity contribution in [3.8, 4) is 5.75 Å². The first-order chi connectivity index (χ1) is 12.6. The second-order valence-corrected chi connectivity index (χ2v) is 6.58. The Balaban J connectivity index is 1.62. The number of ether oxygens (including phenoxy) is 1. The quantitative estimate of drug-likeness (QED) is 0.487. The second-order valence-electron chi connectivity index (χ2n) is 5.62. The number of benzene rings is 2. The maximum Gasteiger partial charge on any atom is 0.224 e. The third-order valence-corrected chi connectivity index (χ3v) is 4.69. The van der Waals surface area contributed by atoms with Crippen molar-refractivity contribution in [1.82, 2.24) is 9.97 Å². The van der Waals surface area contributed by atoms with Gasteiger partial charge >= 0.3 is 0 Å². The van der Waals surface area contributed by atoms with E-state index in [0.717, 1.165) is 16.8 Å². The number of Topliss-reactive ketones (excluding diaryl/α,β-unsaturated/α-hetero) is 1. The molecule has 0 unspecified atom stereocenters. The number of aromatic nitrogens is 2. The molecule has 0 atom stereocenters. The van der Waals surface area contributed by atoms with Crippen molar-refractivity contribution in [3.63, 3.8) is 0 Å². The van der Waals surface area contributed by atoms with E-state index in [9.17, 15) is 9.59 Å². The summed E-state index contributed by atoms with van der Waals surface area (Å²) in [7, 11) is 1.62. The van der Waals surface area contributed by atoms with Crippen LogP contribution in [0.5, 0.6) is 5.75 Å². The fraction of sp³-hybridized carbons (Fsp3) is 0.211. The van der Waals surface area contributed by atoms with Crippen LogP contribution in [-0.4, -0.2) is 34.5 Å². The third-order valence-electron chi connectivity index (χ3n) is 3.82. The van der Waals surface area contributed by atoms with Crippen LogP contribution < -0.4 is 10.1 Å². The van der Waals surface area contributed by atoms with Crippen molar-refractivity contribution >= 4 is 40.2 Å². The van der Waals surface area contributed by atoms with E-state index in [1.807, 2.05) is 18.2 Å². The topological polar surface area (TPSA) is 84.1 Å². The number of hydrogen-bond acceptors (Lipinski definition) is 5. The average Bonchev–Trinajstić information content (AvgIpc) is 3.08. The number of aromatic amines is 1. The van der Waals surface area contributed by atoms with Gasteiger partial charge in [-0.15, -0.1) is 0 Å². The summed E-state index contributed by atoms with van der Waals surface area (Å²) in [6, 6.07) is 12.5. The van der Waals surface area contributed by atoms with Crippen LogP contribution in [-0.2, 0) is 4.79 Å². The van der Waals surface area contributed by atoms with Crippen LogP contribution in [0.3, 0.4) is 0 Å². The van der Waals surface area contributed by atoms with Crippen molar-refractivity contribution in [2.75, 3.05) is 18.2 Å². The molecule has 7 heteroatoms. The minimum atomic E-state index is -0.0545. The number of H-pyrrole nitrogens is 1. The number of carbonyl (C=O) groups is 2. The van der Waals surface area contributed by atoms with Gasteiger partial charge in [-0.1, -0.05) is 18.7 Å². The lowest BCUT2D eigenvalue weighted by atomic mass is 10.1. The second kappa shape index (κ2) is 8.05. The van der Waals surface area contributed by atoms with Crippen LogP contribution in [0, 0.1) is 0 Å². The summed E-state index contributed by atoms with van der Waals surface area (Å²) in [6.07, 6.45) is 0.417. The van der Waals surface area contributed by atoms with Gasteiger partial charge < -0.3 is 15.0 Å². The minimum absolute atomic E-state index is 0.00130. The van der Waals surface area contributed by atoms with E-state index in [2.05, 4.69) is 15.3 Å². The molecule has 0 saturated heterocycles. The van der Waals surface area contributed by atoms with E-state index in [4.69, 9.17) is 4.74 Å². The number of nitrogens with one attached hydrogen (secondary N) is 2. The van der Waals surface area contributed by atoms with Gasteiger partial charge in [0, 0.05) is 23.7 Å². The lowest BCUT2D eigenvalue weighted by Gasteiger charge is -2.04. The zero-order valence-corrected chi connectivity index (χ0v) is 15.4. The van der Waals surface area contributed by atoms with Gasteiger partial charge in [-0.25, -0.2) is 4.98 Å². The van der Waals surface area contributed by atoms with Crippen molar-refractivity contribution in [3.05, 3.63) is 48.0 Å². The van der Waals surface area contributed by atoms with Crippen molar-refractivity contribution in [2.24, 2.45) is 0 Å². The highest BCUT2D eigenvalue weighted by Crippen LogP contribution is 2.24. The number of amides is 1. The Morgan fingerprint density at radius 1 is 1.19 bits per heavy atom. The van der Waals surface area contributed by atoms with Crippen LogP contribution in [0.4, 0.5) is 5.69 Å². The highest BCUT2D eigenvalue weighted by atomic mass is 32.2. The lowest BCUT2D eigenvalue weighted by Crippen LogP contribution is -2.09. The van der Waals surface area contributed by atoms with E-state index in [-0.39, 0.29) is 17.4 Å². The van der Waals surface area contributed by atoms with E-state index in [0.29, 0.717) is 22.8 Å². The molecule has 2 N–H and O–H groups in total. The van der Waals surface area contributed by atoms with E-state index in [1.165, 1.54) is 11.8 Å². The fourth-order valence-corrected chi connectivity index (χ4v) is 3.15. The average molecular weight is 369 g/mol. The van der Waals surface area contributed by atoms with Crippen LogP contribution in [0.25, 0.3) is 11.0 Å². The molecule has 2 aromatic carbocycles. The third kappa shape index (κ3) is 4.23. The minimum Gasteiger partial charge on any atom is -0.497 e. The number of carbonyl (C=O) groups excluding carboxylic acids is 2. The molecule has 134 valence electrons. The van der Waals surface area contributed by atoms with Crippen molar-refractivity contribution in [2.45, 2.75) is 18.5 Å². The van der Waals surface area contributed by atoms with E-state index in [1.54, 1.807) is 38.3 Å². The van der Waals surface area contributed by atoms with Gasteiger partial charge in [-0.3, -0.25) is 9.59 Å². The zero-order valence-electron chi connectivity index (χ0n) is 14.5. The van der Waals surface area contributed by atoms with Gasteiger partial charge in [0.25, 0.3) is 0 Å². The Bertz CT molecular complexity index is 935. The lowest BCUT2D eigenvalue weighted by molar-refractivity contribution is -0.115. The van der Waals surface area contributed by atoms with Crippen molar-refractivity contribution in [1.29, 1.82) is 0 Å². The summed E-state index contributed by atoms with van der Waals surface area (Å²) >= 11 is 1.35. The summed E-state index contributed by atoms with van der Waals surface area (Å²) in [5.41, 5.74) is 2.99. The maximum atomic E-state index is 12.4. The van der Waals surface area contributed by atoms with Crippen molar-refractivity contribution < 1.29 is 14.3 Å². The maximum absolute atomic E-state index is 12.4. The monoisotopic (exact) mass is 369 g/mol. The Hall–Kier alpha value is -2.80. The number of thioether (sulfide) groups is 1. The zero-order chi connectivity index (χ0) is 18.5. The van der Waals surface area contributed by atoms with Crippen LogP contribution >= 0.6 is 11.8 Å². The molecule has 0 radical (unpaired) electrons. The van der Waals surface area contributed by atoms with Gasteiger partial charge in [0.15, 0.2) is 10.9 Å². The number of anilines is 1. The molecule has 1 heterocycles. The Kier molecular flexibility index (Phi) is 5.58. The number of imidazole rings is 1. The number of nitrogens with zero attached hydrogens (tertiary/aromatic N) is 1. The highest BCUT2D eigenvalue weighted by molar-refractivity contribution is 7.99. The van der Waals surface area contributed by atoms with Gasteiger partial charge in [-0.05, 0) is 36.4 Å². The normalized spacial score (nSPS) is 10.7. The molecule has 0 aliphatic rings. The van der Waals surface area contributed by atoms with Gasteiger partial charge in [-0.2, -0.15) is 0 Å². The number of methoxy groups -OCH3 is 1. The Morgan fingerprint density at radius 2 is 1.96 bits per heavy atom. The smallest absolute Gasteiger partial charge is 0.224 e. The predicted molar refractivity (Wildman–Crippen MR) is 103 cm³/mol. The molecule has 0 aliphatic carbocycles. The summed E-state index contributed by atoms with van der Waals surface area (Å²) in [6.45, 7) is 1.79. The van der Waals surface area contributed by atoms with Gasteiger partial charge in [0.1, 0.15) is 5.75 Å². The van der Waals surface area contributed by atoms with Gasteiger partial charge in [0.2, 0.25) is 5.91 Å². The molecule has 0 spiro atoms. The summed E-state index contributed by atoms with van der Waals surface area (Å²) in [4.78, 5) is 31.4. The largest absolute Gasteiger partial charge is 0.497 e. The molecule has 26 heavy (non-hydrogen) atoms. The fourth-order valence-electron chi connectivity index (χ4n) is 2.37. The molecule has 1 aromatic heterocycles. The Morgan fingerprint density at radius 3 is 2.65 bits per heavy atom. The van der Waals surface area contributed by atoms with Crippen LogP contribution in [0.2, 0.25) is 0 Å². The molecular weight excluding hydrogens is 350 g/mol. The number of ketones is 1. The molecular formula is C19H19N3O3S. The number of rotatable bonds is 7. The van der Waals surface area contributed by atoms with E-state index < -0.39 is 0 Å². The number of hydrogen-bond donors (Lipinski definition) is 2. The predicted octanol–water partition coefficient (Wildman–Crippen LogP) is 3.90. The van der Waals surface area contributed by atoms with Gasteiger partial charge in [0.05, 0.1) is 23.9 Å². The highest BCUT2D eigenvalue weighted by Gasteiger charge is 2.10. The summed E-state index contributed by atoms with van der Waals surface area (Å²) in [5, 5.41) is 3.45. The molecule has 1 amide bonds. The van der Waals surface area contributed by atoms with Crippen LogP contribution in [0.15, 0.2) is 47.6 Å². The first-order valence-electron chi connectivity index (χ1n) is 8.18. The molecule has 0 saturated carbocycles. The molecule has 0 fully saturated rings. The standard InChI is InChI=1S/C19H19N3O3S/c1-3-18(24)20-13-6-4-12(5-7-13)17(23)11-26-19-21-15-9-8-14(25-2)10-16(15)22-19/h4-10H,3,11H2,1-2H3,(H,20,24)(H,21,22). The first-order valence-corrected chi connectivity index (χ1v) is 9.17. The molecule has 6 nitrogen and oxygen atoms in total. The molecule has 3 aromatic rings. The summed E-state index contributed by atoms with van der Waals surface area (Å²) in [5.74, 6) is 0.976.